The lowest BCUT2D eigenvalue weighted by atomic mass is 10.1. The average molecular weight is 385 g/mol. The summed E-state index contributed by atoms with van der Waals surface area (Å²) in [4.78, 5) is 4.37. The monoisotopic (exact) mass is 385 g/mol. The molecule has 0 amide bonds. The molecule has 3 aromatic rings. The number of anilines is 1. The Balaban J connectivity index is 1.89. The summed E-state index contributed by atoms with van der Waals surface area (Å²) < 4.78 is 18.3. The molecule has 7 heteroatoms. The number of hydrogen-bond acceptors (Lipinski definition) is 4. The maximum Gasteiger partial charge on any atom is 0.214 e. The van der Waals surface area contributed by atoms with E-state index in [1.54, 1.807) is 30.3 Å². The molecule has 0 saturated heterocycles. The van der Waals surface area contributed by atoms with Crippen molar-refractivity contribution in [3.8, 4) is 29.1 Å². The Bertz CT molecular complexity index is 1130. The van der Waals surface area contributed by atoms with Crippen molar-refractivity contribution in [3.63, 3.8) is 0 Å². The van der Waals surface area contributed by atoms with Crippen LogP contribution < -0.4 is 15.4 Å². The summed E-state index contributed by atoms with van der Waals surface area (Å²) in [5.74, 6) is 0.299. The second kappa shape index (κ2) is 9.03. The third-order valence-corrected chi connectivity index (χ3v) is 4.02. The van der Waals surface area contributed by atoms with Crippen LogP contribution in [0.1, 0.15) is 5.56 Å². The summed E-state index contributed by atoms with van der Waals surface area (Å²) in [5.41, 5.74) is 3.32. The molecule has 142 valence electrons. The predicted molar refractivity (Wildman–Crippen MR) is 109 cm³/mol. The topological polar surface area (TPSA) is 93.2 Å². The van der Waals surface area contributed by atoms with E-state index < -0.39 is 0 Å². The van der Waals surface area contributed by atoms with Gasteiger partial charge in [0.1, 0.15) is 17.6 Å². The molecule has 0 heterocycles. The van der Waals surface area contributed by atoms with Gasteiger partial charge in [-0.05, 0) is 47.5 Å². The Labute approximate surface area is 167 Å². The Hall–Kier alpha value is -4.36. The van der Waals surface area contributed by atoms with Crippen LogP contribution in [0.5, 0.6) is 5.75 Å². The fourth-order valence-electron chi connectivity index (χ4n) is 2.67. The molecule has 0 aliphatic carbocycles. The Morgan fingerprint density at radius 2 is 1.79 bits per heavy atom. The highest BCUT2D eigenvalue weighted by Gasteiger charge is 2.06. The van der Waals surface area contributed by atoms with Gasteiger partial charge in [-0.25, -0.2) is 9.38 Å². The van der Waals surface area contributed by atoms with E-state index in [0.29, 0.717) is 22.7 Å². The number of aliphatic imine (C=N–C) groups is 1. The molecule has 29 heavy (non-hydrogen) atoms. The number of nitrogens with one attached hydrogen (secondary N) is 2. The molecular weight excluding hydrogens is 369 g/mol. The van der Waals surface area contributed by atoms with Gasteiger partial charge in [-0.2, -0.15) is 10.5 Å². The Morgan fingerprint density at radius 1 is 1.00 bits per heavy atom. The van der Waals surface area contributed by atoms with E-state index in [2.05, 4.69) is 15.6 Å². The molecule has 0 bridgehead atoms. The van der Waals surface area contributed by atoms with Crippen molar-refractivity contribution in [2.75, 3.05) is 12.4 Å². The highest BCUT2D eigenvalue weighted by molar-refractivity contribution is 5.96. The normalized spacial score (nSPS) is 10.6. The Morgan fingerprint density at radius 3 is 2.48 bits per heavy atom. The van der Waals surface area contributed by atoms with E-state index in [9.17, 15) is 4.39 Å². The summed E-state index contributed by atoms with van der Waals surface area (Å²) >= 11 is 0. The number of nitriles is 2. The second-order valence-electron chi connectivity index (χ2n) is 5.91. The molecule has 0 atom stereocenters. The van der Waals surface area contributed by atoms with Crippen molar-refractivity contribution in [2.24, 2.45) is 4.99 Å². The predicted octanol–water partition coefficient (Wildman–Crippen LogP) is 4.54. The lowest BCUT2D eigenvalue weighted by Crippen LogP contribution is -2.26. The molecule has 6 nitrogen and oxygen atoms in total. The van der Waals surface area contributed by atoms with E-state index in [1.165, 1.54) is 19.2 Å². The van der Waals surface area contributed by atoms with Crippen LogP contribution in [0.2, 0.25) is 0 Å². The molecule has 0 saturated carbocycles. The summed E-state index contributed by atoms with van der Waals surface area (Å²) in [5, 5.41) is 23.7. The minimum atomic E-state index is -0.298. The van der Waals surface area contributed by atoms with Crippen molar-refractivity contribution in [2.45, 2.75) is 0 Å². The zero-order valence-electron chi connectivity index (χ0n) is 15.5. The standard InChI is InChI=1S/C22H16FN5O/c1-29-21-12-20(10-7-17(21)13-24)28-22(26-14-25)27-19-4-2-3-16(11-19)15-5-8-18(23)9-6-15/h2-12H,1H3,(H2,26,27,28). The summed E-state index contributed by atoms with van der Waals surface area (Å²) in [6.07, 6.45) is 1.84. The van der Waals surface area contributed by atoms with Crippen molar-refractivity contribution in [3.05, 3.63) is 78.1 Å². The van der Waals surface area contributed by atoms with Gasteiger partial charge in [-0.1, -0.05) is 24.3 Å². The number of ether oxygens (including phenoxy) is 1. The maximum atomic E-state index is 13.2. The number of nitrogens with zero attached hydrogens (tertiary/aromatic N) is 3. The highest BCUT2D eigenvalue weighted by Crippen LogP contribution is 2.25. The van der Waals surface area contributed by atoms with Gasteiger partial charge in [-0.15, -0.1) is 0 Å². The molecule has 0 aliphatic rings. The van der Waals surface area contributed by atoms with E-state index in [4.69, 9.17) is 15.3 Å². The zero-order valence-corrected chi connectivity index (χ0v) is 15.5. The van der Waals surface area contributed by atoms with Crippen LogP contribution >= 0.6 is 0 Å². The molecule has 0 fully saturated rings. The number of methoxy groups -OCH3 is 1. The lowest BCUT2D eigenvalue weighted by Gasteiger charge is -2.10. The van der Waals surface area contributed by atoms with Gasteiger partial charge in [0.25, 0.3) is 0 Å². The van der Waals surface area contributed by atoms with Gasteiger partial charge in [0.2, 0.25) is 5.96 Å². The minimum absolute atomic E-state index is 0.204. The van der Waals surface area contributed by atoms with Crippen LogP contribution in [0, 0.1) is 28.6 Å². The van der Waals surface area contributed by atoms with Gasteiger partial charge < -0.3 is 10.1 Å². The summed E-state index contributed by atoms with van der Waals surface area (Å²) in [6, 6.07) is 20.5. The molecule has 0 spiro atoms. The van der Waals surface area contributed by atoms with Crippen molar-refractivity contribution < 1.29 is 9.13 Å². The molecule has 2 N–H and O–H groups in total. The number of halogens is 1. The maximum absolute atomic E-state index is 13.2. The molecular formula is C22H16FN5O. The molecule has 0 radical (unpaired) electrons. The SMILES string of the molecule is COc1cc(N=C(NC#N)Nc2cccc(-c3ccc(F)cc3)c2)ccc1C#N. The average Bonchev–Trinajstić information content (AvgIpc) is 2.74. The smallest absolute Gasteiger partial charge is 0.214 e. The Kier molecular flexibility index (Phi) is 6.04. The minimum Gasteiger partial charge on any atom is -0.495 e. The third kappa shape index (κ3) is 4.88. The molecule has 3 rings (SSSR count). The van der Waals surface area contributed by atoms with Gasteiger partial charge in [0, 0.05) is 11.8 Å². The number of benzene rings is 3. The van der Waals surface area contributed by atoms with Crippen LogP contribution in [0.25, 0.3) is 11.1 Å². The fourth-order valence-corrected chi connectivity index (χ4v) is 2.67. The van der Waals surface area contributed by atoms with Crippen molar-refractivity contribution in [1.29, 1.82) is 10.5 Å². The van der Waals surface area contributed by atoms with Crippen LogP contribution in [0.4, 0.5) is 15.8 Å². The molecule has 0 aromatic heterocycles. The second-order valence-corrected chi connectivity index (χ2v) is 5.91. The molecule has 0 unspecified atom stereocenters. The first-order valence-corrected chi connectivity index (χ1v) is 8.58. The fraction of sp³-hybridized carbons (Fsp3) is 0.0455. The van der Waals surface area contributed by atoms with Crippen molar-refractivity contribution in [1.82, 2.24) is 5.32 Å². The largest absolute Gasteiger partial charge is 0.495 e. The number of hydrogen-bond donors (Lipinski definition) is 2. The van der Waals surface area contributed by atoms with E-state index in [1.807, 2.05) is 36.5 Å². The van der Waals surface area contributed by atoms with Crippen LogP contribution in [0.3, 0.4) is 0 Å². The van der Waals surface area contributed by atoms with Gasteiger partial charge in [-0.3, -0.25) is 5.32 Å². The van der Waals surface area contributed by atoms with E-state index in [-0.39, 0.29) is 11.8 Å². The van der Waals surface area contributed by atoms with E-state index >= 15 is 0 Å². The first kappa shape index (κ1) is 19.4. The lowest BCUT2D eigenvalue weighted by molar-refractivity contribution is 0.413. The summed E-state index contributed by atoms with van der Waals surface area (Å²) in [6.45, 7) is 0. The van der Waals surface area contributed by atoms with Gasteiger partial charge in [0.05, 0.1) is 18.4 Å². The third-order valence-electron chi connectivity index (χ3n) is 4.02. The van der Waals surface area contributed by atoms with Crippen molar-refractivity contribution >= 4 is 17.3 Å². The quantitative estimate of drug-likeness (QED) is 0.298. The van der Waals surface area contributed by atoms with E-state index in [0.717, 1.165) is 11.1 Å². The molecule has 3 aromatic carbocycles. The van der Waals surface area contributed by atoms with Gasteiger partial charge in [0.15, 0.2) is 6.19 Å². The summed E-state index contributed by atoms with van der Waals surface area (Å²) in [7, 11) is 1.47. The first-order chi connectivity index (χ1) is 14.1. The van der Waals surface area contributed by atoms with Gasteiger partial charge >= 0.3 is 0 Å². The van der Waals surface area contributed by atoms with Crippen LogP contribution in [-0.4, -0.2) is 13.1 Å². The molecule has 0 aliphatic heterocycles. The first-order valence-electron chi connectivity index (χ1n) is 8.58. The van der Waals surface area contributed by atoms with Crippen LogP contribution in [0.15, 0.2) is 71.7 Å². The number of rotatable bonds is 4. The zero-order chi connectivity index (χ0) is 20.6. The number of guanidine groups is 1. The highest BCUT2D eigenvalue weighted by atomic mass is 19.1. The van der Waals surface area contributed by atoms with Crippen LogP contribution in [-0.2, 0) is 0 Å².